The van der Waals surface area contributed by atoms with Crippen LogP contribution in [-0.4, -0.2) is 22.1 Å². The summed E-state index contributed by atoms with van der Waals surface area (Å²) >= 11 is 0. The molecule has 1 N–H and O–H groups in total. The Balaban J connectivity index is 2.11. The Morgan fingerprint density at radius 2 is 1.83 bits per heavy atom. The summed E-state index contributed by atoms with van der Waals surface area (Å²) in [4.78, 5) is 10.4. The fourth-order valence-corrected chi connectivity index (χ4v) is 1.74. The van der Waals surface area contributed by atoms with E-state index < -0.39 is 0 Å². The first-order chi connectivity index (χ1) is 8.70. The van der Waals surface area contributed by atoms with Gasteiger partial charge in [-0.2, -0.15) is 0 Å². The van der Waals surface area contributed by atoms with E-state index >= 15 is 0 Å². The van der Waals surface area contributed by atoms with Crippen molar-refractivity contribution in [1.29, 1.82) is 0 Å². The predicted molar refractivity (Wildman–Crippen MR) is 71.2 cm³/mol. The highest BCUT2D eigenvalue weighted by Crippen LogP contribution is 2.13. The number of nitrogens with zero attached hydrogens (tertiary/aromatic N) is 3. The van der Waals surface area contributed by atoms with Crippen LogP contribution in [0.1, 0.15) is 16.7 Å². The highest BCUT2D eigenvalue weighted by molar-refractivity contribution is 5.34. The van der Waals surface area contributed by atoms with Crippen molar-refractivity contribution >= 4 is 5.95 Å². The van der Waals surface area contributed by atoms with Gasteiger partial charge in [0, 0.05) is 31.5 Å². The molecule has 4 heteroatoms. The summed E-state index contributed by atoms with van der Waals surface area (Å²) in [5.41, 5.74) is 3.24. The second-order valence-electron chi connectivity index (χ2n) is 4.33. The third-order valence-corrected chi connectivity index (χ3v) is 2.88. The van der Waals surface area contributed by atoms with Gasteiger partial charge in [0.15, 0.2) is 0 Å². The molecule has 1 aromatic heterocycles. The average molecular weight is 243 g/mol. The van der Waals surface area contributed by atoms with Gasteiger partial charge in [-0.25, -0.2) is 9.97 Å². The smallest absolute Gasteiger partial charge is 0.225 e. The van der Waals surface area contributed by atoms with Gasteiger partial charge in [-0.1, -0.05) is 24.3 Å². The van der Waals surface area contributed by atoms with Crippen molar-refractivity contribution in [2.45, 2.75) is 20.1 Å². The lowest BCUT2D eigenvalue weighted by atomic mass is 10.1. The molecule has 0 spiro atoms. The summed E-state index contributed by atoms with van der Waals surface area (Å²) in [5.74, 6) is 0.662. The molecule has 18 heavy (non-hydrogen) atoms. The van der Waals surface area contributed by atoms with Crippen molar-refractivity contribution in [1.82, 2.24) is 9.97 Å². The lowest BCUT2D eigenvalue weighted by Crippen LogP contribution is -2.19. The number of aryl methyl sites for hydroxylation is 1. The van der Waals surface area contributed by atoms with Crippen molar-refractivity contribution in [3.63, 3.8) is 0 Å². The molecule has 0 bridgehead atoms. The van der Waals surface area contributed by atoms with Crippen LogP contribution in [-0.2, 0) is 13.2 Å². The molecule has 0 fully saturated rings. The molecule has 0 aliphatic heterocycles. The van der Waals surface area contributed by atoms with Gasteiger partial charge in [0.25, 0.3) is 0 Å². The highest BCUT2D eigenvalue weighted by Gasteiger charge is 2.06. The molecule has 0 unspecified atom stereocenters. The molecular weight excluding hydrogens is 226 g/mol. The number of aliphatic hydroxyl groups excluding tert-OH is 1. The van der Waals surface area contributed by atoms with Gasteiger partial charge in [0.05, 0.1) is 6.61 Å². The summed E-state index contributed by atoms with van der Waals surface area (Å²) < 4.78 is 0. The standard InChI is InChI=1S/C14H17N3O/c1-11-5-3-4-6-13(11)9-17(2)14-15-7-12(10-18)8-16-14/h3-8,18H,9-10H2,1-2H3. The van der Waals surface area contributed by atoms with Crippen molar-refractivity contribution in [2.75, 3.05) is 11.9 Å². The minimum absolute atomic E-state index is 0.0260. The predicted octanol–water partition coefficient (Wildman–Crippen LogP) is 1.91. The summed E-state index contributed by atoms with van der Waals surface area (Å²) in [6, 6.07) is 8.27. The van der Waals surface area contributed by atoms with E-state index in [0.717, 1.165) is 12.1 Å². The van der Waals surface area contributed by atoms with Crippen LogP contribution in [0.25, 0.3) is 0 Å². The monoisotopic (exact) mass is 243 g/mol. The highest BCUT2D eigenvalue weighted by atomic mass is 16.3. The number of rotatable bonds is 4. The molecular formula is C14H17N3O. The van der Waals surface area contributed by atoms with Crippen molar-refractivity contribution < 1.29 is 5.11 Å². The van der Waals surface area contributed by atoms with Gasteiger partial charge >= 0.3 is 0 Å². The zero-order chi connectivity index (χ0) is 13.0. The maximum Gasteiger partial charge on any atom is 0.225 e. The van der Waals surface area contributed by atoms with Crippen molar-refractivity contribution in [2.24, 2.45) is 0 Å². The molecule has 2 rings (SSSR count). The zero-order valence-corrected chi connectivity index (χ0v) is 10.7. The Kier molecular flexibility index (Phi) is 3.89. The Bertz CT molecular complexity index is 511. The van der Waals surface area contributed by atoms with E-state index in [9.17, 15) is 0 Å². The molecule has 0 radical (unpaired) electrons. The molecule has 1 aromatic carbocycles. The molecule has 94 valence electrons. The van der Waals surface area contributed by atoms with Crippen LogP contribution in [0.3, 0.4) is 0 Å². The molecule has 0 saturated carbocycles. The molecule has 2 aromatic rings. The van der Waals surface area contributed by atoms with Crippen LogP contribution < -0.4 is 4.90 Å². The normalized spacial score (nSPS) is 10.4. The lowest BCUT2D eigenvalue weighted by Gasteiger charge is -2.18. The Morgan fingerprint density at radius 3 is 2.44 bits per heavy atom. The Morgan fingerprint density at radius 1 is 1.17 bits per heavy atom. The molecule has 0 amide bonds. The summed E-state index contributed by atoms with van der Waals surface area (Å²) in [7, 11) is 1.96. The van der Waals surface area contributed by atoms with Gasteiger partial charge in [-0.15, -0.1) is 0 Å². The average Bonchev–Trinajstić information content (AvgIpc) is 2.41. The van der Waals surface area contributed by atoms with Crippen molar-refractivity contribution in [3.05, 3.63) is 53.3 Å². The minimum Gasteiger partial charge on any atom is -0.392 e. The molecule has 0 aliphatic carbocycles. The quantitative estimate of drug-likeness (QED) is 0.891. The largest absolute Gasteiger partial charge is 0.392 e. The molecule has 4 nitrogen and oxygen atoms in total. The van der Waals surface area contributed by atoms with Gasteiger partial charge in [0.2, 0.25) is 5.95 Å². The van der Waals surface area contributed by atoms with Crippen molar-refractivity contribution in [3.8, 4) is 0 Å². The topological polar surface area (TPSA) is 49.2 Å². The SMILES string of the molecule is Cc1ccccc1CN(C)c1ncc(CO)cn1. The summed E-state index contributed by atoms with van der Waals surface area (Å²) in [6.07, 6.45) is 3.30. The van der Waals surface area contributed by atoms with Crippen LogP contribution in [0.5, 0.6) is 0 Å². The van der Waals surface area contributed by atoms with E-state index in [4.69, 9.17) is 5.11 Å². The second kappa shape index (κ2) is 5.60. The van der Waals surface area contributed by atoms with Gasteiger partial charge in [-0.3, -0.25) is 0 Å². The Hall–Kier alpha value is -1.94. The van der Waals surface area contributed by atoms with E-state index in [1.165, 1.54) is 11.1 Å². The third kappa shape index (κ3) is 2.84. The van der Waals surface area contributed by atoms with E-state index in [1.54, 1.807) is 12.4 Å². The molecule has 1 heterocycles. The van der Waals surface area contributed by atoms with Crippen LogP contribution in [0.15, 0.2) is 36.7 Å². The van der Waals surface area contributed by atoms with Crippen LogP contribution >= 0.6 is 0 Å². The van der Waals surface area contributed by atoms with Crippen LogP contribution in [0.4, 0.5) is 5.95 Å². The maximum absolute atomic E-state index is 8.95. The fraction of sp³-hybridized carbons (Fsp3) is 0.286. The summed E-state index contributed by atoms with van der Waals surface area (Å²) in [5, 5.41) is 8.95. The van der Waals surface area contributed by atoms with E-state index in [2.05, 4.69) is 29.0 Å². The third-order valence-electron chi connectivity index (χ3n) is 2.88. The van der Waals surface area contributed by atoms with Crippen LogP contribution in [0, 0.1) is 6.92 Å². The first-order valence-electron chi connectivity index (χ1n) is 5.88. The number of benzene rings is 1. The Labute approximate surface area is 107 Å². The number of anilines is 1. The second-order valence-corrected chi connectivity index (χ2v) is 4.33. The first-order valence-corrected chi connectivity index (χ1v) is 5.88. The minimum atomic E-state index is -0.0260. The number of aromatic nitrogens is 2. The van der Waals surface area contributed by atoms with E-state index in [0.29, 0.717) is 5.95 Å². The van der Waals surface area contributed by atoms with Gasteiger partial charge in [-0.05, 0) is 18.1 Å². The van der Waals surface area contributed by atoms with Crippen LogP contribution in [0.2, 0.25) is 0 Å². The first kappa shape index (κ1) is 12.5. The molecule has 0 saturated heterocycles. The zero-order valence-electron chi connectivity index (χ0n) is 10.7. The van der Waals surface area contributed by atoms with Gasteiger partial charge in [0.1, 0.15) is 0 Å². The molecule has 0 atom stereocenters. The van der Waals surface area contributed by atoms with E-state index in [-0.39, 0.29) is 6.61 Å². The molecule has 0 aliphatic rings. The fourth-order valence-electron chi connectivity index (χ4n) is 1.74. The summed E-state index contributed by atoms with van der Waals surface area (Å²) in [6.45, 7) is 2.84. The van der Waals surface area contributed by atoms with Gasteiger partial charge < -0.3 is 10.0 Å². The lowest BCUT2D eigenvalue weighted by molar-refractivity contribution is 0.281. The maximum atomic E-state index is 8.95. The van der Waals surface area contributed by atoms with E-state index in [1.807, 2.05) is 24.1 Å². The number of hydrogen-bond acceptors (Lipinski definition) is 4. The number of aliphatic hydroxyl groups is 1. The number of hydrogen-bond donors (Lipinski definition) is 1.